The Labute approximate surface area is 155 Å². The topological polar surface area (TPSA) is 43.8 Å². The number of carbonyl (C=O) groups excluding carboxylic acids is 1. The zero-order chi connectivity index (χ0) is 18.0. The van der Waals surface area contributed by atoms with Gasteiger partial charge < -0.3 is 14.9 Å². The smallest absolute Gasteiger partial charge is 0.226 e. The number of β-amino-alcohol motifs (C(OH)–C–C–N with tert-alkyl or cyclic N) is 1. The van der Waals surface area contributed by atoms with E-state index in [2.05, 4.69) is 11.0 Å². The van der Waals surface area contributed by atoms with Crippen LogP contribution in [0.15, 0.2) is 24.3 Å². The van der Waals surface area contributed by atoms with Crippen molar-refractivity contribution >= 4 is 17.5 Å². The average Bonchev–Trinajstić information content (AvgIpc) is 3.36. The van der Waals surface area contributed by atoms with Gasteiger partial charge in [0.2, 0.25) is 5.91 Å². The van der Waals surface area contributed by atoms with E-state index in [0.717, 1.165) is 50.5 Å². The Morgan fingerprint density at radius 3 is 2.76 bits per heavy atom. The molecule has 1 aromatic rings. The lowest BCUT2D eigenvalue weighted by atomic mass is 9.96. The maximum absolute atomic E-state index is 12.7. The summed E-state index contributed by atoms with van der Waals surface area (Å²) in [5.41, 5.74) is 1.19. The standard InChI is InChI=1S/C20H29ClN2O2/c1-14(24)12-23-8-6-15(7-9-23)13-22(2)20(25)19-11-18(19)16-4-3-5-17(21)10-16/h3-5,10,14-15,18-19,24H,6-9,11-13H2,1-2H3/t14?,18-,19+/m0/s1. The molecule has 0 spiro atoms. The molecule has 1 amide bonds. The monoisotopic (exact) mass is 364 g/mol. The normalized spacial score (nSPS) is 25.6. The summed E-state index contributed by atoms with van der Waals surface area (Å²) < 4.78 is 0. The molecule has 0 bridgehead atoms. The van der Waals surface area contributed by atoms with E-state index in [1.165, 1.54) is 5.56 Å². The summed E-state index contributed by atoms with van der Waals surface area (Å²) in [4.78, 5) is 17.0. The molecule has 138 valence electrons. The van der Waals surface area contributed by atoms with Crippen molar-refractivity contribution in [1.82, 2.24) is 9.80 Å². The van der Waals surface area contributed by atoms with Crippen molar-refractivity contribution in [1.29, 1.82) is 0 Å². The predicted molar refractivity (Wildman–Crippen MR) is 101 cm³/mol. The second-order valence-corrected chi connectivity index (χ2v) is 8.25. The van der Waals surface area contributed by atoms with E-state index >= 15 is 0 Å². The van der Waals surface area contributed by atoms with Gasteiger partial charge in [-0.3, -0.25) is 4.79 Å². The second kappa shape index (κ2) is 8.07. The number of amides is 1. The van der Waals surface area contributed by atoms with Crippen LogP contribution in [-0.2, 0) is 4.79 Å². The van der Waals surface area contributed by atoms with E-state index in [0.29, 0.717) is 11.8 Å². The maximum Gasteiger partial charge on any atom is 0.226 e. The third-order valence-corrected chi connectivity index (χ3v) is 5.76. The van der Waals surface area contributed by atoms with Gasteiger partial charge in [-0.2, -0.15) is 0 Å². The molecule has 0 radical (unpaired) electrons. The van der Waals surface area contributed by atoms with Crippen molar-refractivity contribution in [2.45, 2.75) is 38.2 Å². The first-order valence-electron chi connectivity index (χ1n) is 9.35. The highest BCUT2D eigenvalue weighted by atomic mass is 35.5. The molecule has 1 saturated heterocycles. The fourth-order valence-corrected chi connectivity index (χ4v) is 4.26. The molecule has 1 unspecified atom stereocenters. The molecule has 1 saturated carbocycles. The van der Waals surface area contributed by atoms with Crippen molar-refractivity contribution in [3.63, 3.8) is 0 Å². The van der Waals surface area contributed by atoms with Gasteiger partial charge in [-0.1, -0.05) is 23.7 Å². The number of benzene rings is 1. The number of rotatable bonds is 6. The summed E-state index contributed by atoms with van der Waals surface area (Å²) >= 11 is 6.06. The Hall–Kier alpha value is -1.10. The van der Waals surface area contributed by atoms with Crippen LogP contribution in [0.4, 0.5) is 0 Å². The highest BCUT2D eigenvalue weighted by Gasteiger charge is 2.45. The highest BCUT2D eigenvalue weighted by molar-refractivity contribution is 6.30. The van der Waals surface area contributed by atoms with E-state index in [1.807, 2.05) is 37.1 Å². The van der Waals surface area contributed by atoms with Gasteiger partial charge in [-0.15, -0.1) is 0 Å². The summed E-state index contributed by atoms with van der Waals surface area (Å²) in [6.07, 6.45) is 2.88. The summed E-state index contributed by atoms with van der Waals surface area (Å²) in [6.45, 7) is 5.48. The van der Waals surface area contributed by atoms with Gasteiger partial charge in [0.05, 0.1) is 6.10 Å². The number of hydrogen-bond donors (Lipinski definition) is 1. The summed E-state index contributed by atoms with van der Waals surface area (Å²) in [7, 11) is 1.94. The fourth-order valence-electron chi connectivity index (χ4n) is 4.06. The van der Waals surface area contributed by atoms with Gasteiger partial charge in [-0.05, 0) is 68.8 Å². The third kappa shape index (κ3) is 4.96. The Bertz CT molecular complexity index is 599. The highest BCUT2D eigenvalue weighted by Crippen LogP contribution is 2.48. The van der Waals surface area contributed by atoms with Crippen LogP contribution >= 0.6 is 11.6 Å². The van der Waals surface area contributed by atoms with Gasteiger partial charge >= 0.3 is 0 Å². The van der Waals surface area contributed by atoms with E-state index in [-0.39, 0.29) is 17.9 Å². The van der Waals surface area contributed by atoms with Crippen LogP contribution in [0.3, 0.4) is 0 Å². The fraction of sp³-hybridized carbons (Fsp3) is 0.650. The summed E-state index contributed by atoms with van der Waals surface area (Å²) in [5.74, 6) is 1.30. The first-order valence-corrected chi connectivity index (χ1v) is 9.72. The minimum Gasteiger partial charge on any atom is -0.392 e. The molecule has 25 heavy (non-hydrogen) atoms. The average molecular weight is 365 g/mol. The van der Waals surface area contributed by atoms with Crippen molar-refractivity contribution in [2.24, 2.45) is 11.8 Å². The van der Waals surface area contributed by atoms with Crippen LogP contribution < -0.4 is 0 Å². The van der Waals surface area contributed by atoms with Crippen LogP contribution in [0.1, 0.15) is 37.7 Å². The Balaban J connectivity index is 1.45. The number of likely N-dealkylation sites (tertiary alicyclic amines) is 1. The molecule has 3 rings (SSSR count). The molecule has 1 N–H and O–H groups in total. The third-order valence-electron chi connectivity index (χ3n) is 5.52. The van der Waals surface area contributed by atoms with Gasteiger partial charge in [-0.25, -0.2) is 0 Å². The van der Waals surface area contributed by atoms with Crippen LogP contribution in [0.5, 0.6) is 0 Å². The molecule has 1 aliphatic carbocycles. The summed E-state index contributed by atoms with van der Waals surface area (Å²) in [6, 6.07) is 7.89. The first-order chi connectivity index (χ1) is 11.9. The lowest BCUT2D eigenvalue weighted by Crippen LogP contribution is -2.42. The summed E-state index contributed by atoms with van der Waals surface area (Å²) in [5, 5.41) is 10.2. The molecule has 1 aromatic carbocycles. The molecule has 2 fully saturated rings. The van der Waals surface area contributed by atoms with Crippen molar-refractivity contribution in [3.05, 3.63) is 34.9 Å². The lowest BCUT2D eigenvalue weighted by molar-refractivity contribution is -0.132. The van der Waals surface area contributed by atoms with E-state index in [9.17, 15) is 9.90 Å². The molecule has 1 heterocycles. The molecule has 2 aliphatic rings. The number of nitrogens with zero attached hydrogens (tertiary/aromatic N) is 2. The minimum absolute atomic E-state index is 0.124. The molecule has 3 atom stereocenters. The molecule has 5 heteroatoms. The predicted octanol–water partition coefficient (Wildman–Crippen LogP) is 2.99. The van der Waals surface area contributed by atoms with Crippen molar-refractivity contribution < 1.29 is 9.90 Å². The van der Waals surface area contributed by atoms with E-state index in [4.69, 9.17) is 11.6 Å². The molecular formula is C20H29ClN2O2. The first kappa shape index (κ1) is 18.7. The SMILES string of the molecule is CC(O)CN1CCC(CN(C)C(=O)[C@@H]2C[C@H]2c2cccc(Cl)c2)CC1. The Morgan fingerprint density at radius 1 is 1.40 bits per heavy atom. The van der Waals surface area contributed by atoms with E-state index < -0.39 is 0 Å². The number of halogens is 1. The number of hydrogen-bond acceptors (Lipinski definition) is 3. The van der Waals surface area contributed by atoms with Crippen LogP contribution in [0, 0.1) is 11.8 Å². The zero-order valence-electron chi connectivity index (χ0n) is 15.2. The van der Waals surface area contributed by atoms with Crippen molar-refractivity contribution in [2.75, 3.05) is 33.2 Å². The Kier molecular flexibility index (Phi) is 6.03. The van der Waals surface area contributed by atoms with Crippen LogP contribution in [0.25, 0.3) is 0 Å². The maximum atomic E-state index is 12.7. The minimum atomic E-state index is -0.265. The van der Waals surface area contributed by atoms with Crippen LogP contribution in [-0.4, -0.2) is 60.1 Å². The molecule has 4 nitrogen and oxygen atoms in total. The van der Waals surface area contributed by atoms with Gasteiger partial charge in [0.1, 0.15) is 0 Å². The number of aliphatic hydroxyl groups is 1. The number of aliphatic hydroxyl groups excluding tert-OH is 1. The quantitative estimate of drug-likeness (QED) is 0.843. The lowest BCUT2D eigenvalue weighted by Gasteiger charge is -2.34. The van der Waals surface area contributed by atoms with E-state index in [1.54, 1.807) is 0 Å². The van der Waals surface area contributed by atoms with Crippen molar-refractivity contribution in [3.8, 4) is 0 Å². The van der Waals surface area contributed by atoms with Crippen LogP contribution in [0.2, 0.25) is 5.02 Å². The van der Waals surface area contributed by atoms with Gasteiger partial charge in [0.25, 0.3) is 0 Å². The number of carbonyl (C=O) groups is 1. The second-order valence-electron chi connectivity index (χ2n) is 7.82. The largest absolute Gasteiger partial charge is 0.392 e. The van der Waals surface area contributed by atoms with Gasteiger partial charge in [0.15, 0.2) is 0 Å². The Morgan fingerprint density at radius 2 is 2.12 bits per heavy atom. The molecular weight excluding hydrogens is 336 g/mol. The molecule has 1 aliphatic heterocycles. The van der Waals surface area contributed by atoms with Gasteiger partial charge in [0, 0.05) is 31.1 Å². The number of piperidine rings is 1. The zero-order valence-corrected chi connectivity index (χ0v) is 16.0. The molecule has 0 aromatic heterocycles.